The van der Waals surface area contributed by atoms with Crippen LogP contribution in [0.4, 0.5) is 5.69 Å². The molecule has 1 amide bonds. The molecule has 0 bridgehead atoms. The van der Waals surface area contributed by atoms with Gasteiger partial charge in [0, 0.05) is 30.8 Å². The summed E-state index contributed by atoms with van der Waals surface area (Å²) in [5.74, 6) is -0.768. The molecule has 2 aliphatic rings. The summed E-state index contributed by atoms with van der Waals surface area (Å²) in [7, 11) is -3.61. The zero-order valence-corrected chi connectivity index (χ0v) is 19.7. The van der Waals surface area contributed by atoms with E-state index in [1.165, 1.54) is 16.4 Å². The van der Waals surface area contributed by atoms with Crippen LogP contribution in [-0.2, 0) is 25.9 Å². The van der Waals surface area contributed by atoms with Crippen molar-refractivity contribution in [2.45, 2.75) is 17.4 Å². The Morgan fingerprint density at radius 3 is 2.37 bits per heavy atom. The van der Waals surface area contributed by atoms with E-state index in [4.69, 9.17) is 9.47 Å². The maximum Gasteiger partial charge on any atom is 0.339 e. The molecule has 2 heterocycles. The third kappa shape index (κ3) is 4.84. The Kier molecular flexibility index (Phi) is 6.38. The lowest BCUT2D eigenvalue weighted by molar-refractivity contribution is 0.0252. The monoisotopic (exact) mass is 492 g/mol. The first-order chi connectivity index (χ1) is 16.9. The molecule has 3 aromatic rings. The van der Waals surface area contributed by atoms with Crippen LogP contribution in [0, 0.1) is 0 Å². The molecule has 180 valence electrons. The first kappa shape index (κ1) is 23.2. The van der Waals surface area contributed by atoms with Gasteiger partial charge in [-0.2, -0.15) is 4.31 Å². The Morgan fingerprint density at radius 2 is 1.66 bits per heavy atom. The number of hydrogen-bond donors (Lipinski definition) is 1. The van der Waals surface area contributed by atoms with Gasteiger partial charge in [0.2, 0.25) is 10.0 Å². The number of hydrogen-bond acceptors (Lipinski definition) is 6. The highest BCUT2D eigenvalue weighted by atomic mass is 32.2. The predicted molar refractivity (Wildman–Crippen MR) is 129 cm³/mol. The molecule has 1 N–H and O–H groups in total. The van der Waals surface area contributed by atoms with E-state index in [0.717, 1.165) is 11.1 Å². The number of cyclic esters (lactones) is 1. The van der Waals surface area contributed by atoms with Gasteiger partial charge in [-0.15, -0.1) is 0 Å². The van der Waals surface area contributed by atoms with Gasteiger partial charge < -0.3 is 14.8 Å². The second-order valence-corrected chi connectivity index (χ2v) is 10.3. The molecule has 1 atom stereocenters. The maximum absolute atomic E-state index is 12.9. The number of anilines is 1. The van der Waals surface area contributed by atoms with Crippen molar-refractivity contribution < 1.29 is 27.5 Å². The number of ether oxygens (including phenoxy) is 2. The number of nitrogens with one attached hydrogen (secondary N) is 1. The fourth-order valence-electron chi connectivity index (χ4n) is 4.24. The van der Waals surface area contributed by atoms with E-state index in [0.29, 0.717) is 49.5 Å². The van der Waals surface area contributed by atoms with Gasteiger partial charge in [0.1, 0.15) is 6.10 Å². The van der Waals surface area contributed by atoms with Crippen molar-refractivity contribution in [3.63, 3.8) is 0 Å². The molecule has 5 rings (SSSR count). The lowest BCUT2D eigenvalue weighted by atomic mass is 9.93. The van der Waals surface area contributed by atoms with Gasteiger partial charge in [0.05, 0.1) is 23.7 Å². The van der Waals surface area contributed by atoms with E-state index in [1.54, 1.807) is 30.3 Å². The summed E-state index contributed by atoms with van der Waals surface area (Å²) in [5, 5.41) is 2.79. The van der Waals surface area contributed by atoms with Crippen LogP contribution in [0.15, 0.2) is 77.7 Å². The minimum atomic E-state index is -3.61. The van der Waals surface area contributed by atoms with Crippen molar-refractivity contribution in [3.05, 3.63) is 95.1 Å². The van der Waals surface area contributed by atoms with Crippen LogP contribution in [0.1, 0.15) is 37.9 Å². The van der Waals surface area contributed by atoms with E-state index in [2.05, 4.69) is 5.32 Å². The zero-order valence-electron chi connectivity index (χ0n) is 18.8. The predicted octanol–water partition coefficient (Wildman–Crippen LogP) is 3.41. The standard InChI is InChI=1S/C26H24N2O6S/c29-25(27-21-7-9-22(10-8-21)35(31,32)28-12-14-33-15-13-28)19-6-11-23-20(16-19)17-24(34-26(23)30)18-4-2-1-3-5-18/h1-11,16,24H,12-15,17H2,(H,27,29)/t24-/m1/s1. The van der Waals surface area contributed by atoms with Crippen LogP contribution >= 0.6 is 0 Å². The average molecular weight is 493 g/mol. The van der Waals surface area contributed by atoms with Gasteiger partial charge in [-0.05, 0) is 53.6 Å². The second kappa shape index (κ2) is 9.61. The van der Waals surface area contributed by atoms with E-state index in [9.17, 15) is 18.0 Å². The number of benzene rings is 3. The highest BCUT2D eigenvalue weighted by Crippen LogP contribution is 2.31. The molecular weight excluding hydrogens is 468 g/mol. The SMILES string of the molecule is O=C(Nc1ccc(S(=O)(=O)N2CCOCC2)cc1)c1ccc2c(c1)C[C@H](c1ccccc1)OC2=O. The van der Waals surface area contributed by atoms with E-state index >= 15 is 0 Å². The smallest absolute Gasteiger partial charge is 0.339 e. The number of morpholine rings is 1. The largest absolute Gasteiger partial charge is 0.454 e. The summed E-state index contributed by atoms with van der Waals surface area (Å²) in [6.07, 6.45) is 0.0656. The summed E-state index contributed by atoms with van der Waals surface area (Å²) >= 11 is 0. The van der Waals surface area contributed by atoms with Gasteiger partial charge in [0.15, 0.2) is 0 Å². The van der Waals surface area contributed by atoms with Crippen LogP contribution in [0.5, 0.6) is 0 Å². The van der Waals surface area contributed by atoms with Gasteiger partial charge in [-0.1, -0.05) is 30.3 Å². The molecule has 0 aromatic heterocycles. The highest BCUT2D eigenvalue weighted by Gasteiger charge is 2.29. The summed E-state index contributed by atoms with van der Waals surface area (Å²) < 4.78 is 37.8. The normalized spacial score (nSPS) is 18.4. The molecule has 3 aromatic carbocycles. The van der Waals surface area contributed by atoms with Crippen LogP contribution in [0.2, 0.25) is 0 Å². The van der Waals surface area contributed by atoms with Crippen LogP contribution in [0.3, 0.4) is 0 Å². The van der Waals surface area contributed by atoms with Gasteiger partial charge in [-0.25, -0.2) is 13.2 Å². The molecule has 0 saturated carbocycles. The molecule has 0 spiro atoms. The van der Waals surface area contributed by atoms with Crippen LogP contribution in [0.25, 0.3) is 0 Å². The number of rotatable bonds is 5. The topological polar surface area (TPSA) is 102 Å². The fourth-order valence-corrected chi connectivity index (χ4v) is 5.65. The molecule has 0 unspecified atom stereocenters. The van der Waals surface area contributed by atoms with Crippen molar-refractivity contribution in [3.8, 4) is 0 Å². The van der Waals surface area contributed by atoms with Gasteiger partial charge in [0.25, 0.3) is 5.91 Å². The summed E-state index contributed by atoms with van der Waals surface area (Å²) in [5.41, 5.74) is 2.96. The molecule has 9 heteroatoms. The van der Waals surface area contributed by atoms with Crippen molar-refractivity contribution in [2.75, 3.05) is 31.6 Å². The molecule has 8 nitrogen and oxygen atoms in total. The number of amides is 1. The van der Waals surface area contributed by atoms with Gasteiger partial charge in [-0.3, -0.25) is 4.79 Å². The molecule has 0 aliphatic carbocycles. The molecule has 35 heavy (non-hydrogen) atoms. The molecular formula is C26H24N2O6S. The lowest BCUT2D eigenvalue weighted by Gasteiger charge is -2.26. The number of carbonyl (C=O) groups excluding carboxylic acids is 2. The first-order valence-corrected chi connectivity index (χ1v) is 12.7. The van der Waals surface area contributed by atoms with E-state index < -0.39 is 22.1 Å². The Balaban J connectivity index is 1.30. The summed E-state index contributed by atoms with van der Waals surface area (Å²) in [6, 6.07) is 20.5. The summed E-state index contributed by atoms with van der Waals surface area (Å²) in [4.78, 5) is 25.5. The van der Waals surface area contributed by atoms with E-state index in [1.807, 2.05) is 30.3 Å². The Morgan fingerprint density at radius 1 is 0.943 bits per heavy atom. The quantitative estimate of drug-likeness (QED) is 0.548. The highest BCUT2D eigenvalue weighted by molar-refractivity contribution is 7.89. The number of nitrogens with zero attached hydrogens (tertiary/aromatic N) is 1. The number of carbonyl (C=O) groups is 2. The molecule has 1 fully saturated rings. The maximum atomic E-state index is 12.9. The van der Waals surface area contributed by atoms with Gasteiger partial charge >= 0.3 is 5.97 Å². The van der Waals surface area contributed by atoms with Crippen molar-refractivity contribution in [1.29, 1.82) is 0 Å². The third-order valence-corrected chi connectivity index (χ3v) is 8.05. The van der Waals surface area contributed by atoms with Crippen LogP contribution in [-0.4, -0.2) is 50.9 Å². The average Bonchev–Trinajstić information content (AvgIpc) is 2.89. The minimum absolute atomic E-state index is 0.164. The third-order valence-electron chi connectivity index (χ3n) is 6.13. The van der Waals surface area contributed by atoms with Crippen molar-refractivity contribution in [1.82, 2.24) is 4.31 Å². The zero-order chi connectivity index (χ0) is 24.4. The Bertz CT molecular complexity index is 1350. The number of esters is 1. The minimum Gasteiger partial charge on any atom is -0.454 e. The molecule has 0 radical (unpaired) electrons. The molecule has 1 saturated heterocycles. The fraction of sp³-hybridized carbons (Fsp3) is 0.231. The second-order valence-electron chi connectivity index (χ2n) is 8.38. The number of sulfonamides is 1. The first-order valence-electron chi connectivity index (χ1n) is 11.3. The van der Waals surface area contributed by atoms with E-state index in [-0.39, 0.29) is 10.8 Å². The number of fused-ring (bicyclic) bond motifs is 1. The summed E-state index contributed by atoms with van der Waals surface area (Å²) in [6.45, 7) is 1.38. The van der Waals surface area contributed by atoms with Crippen molar-refractivity contribution >= 4 is 27.6 Å². The van der Waals surface area contributed by atoms with Crippen molar-refractivity contribution in [2.24, 2.45) is 0 Å². The molecule has 2 aliphatic heterocycles. The van der Waals surface area contributed by atoms with Crippen LogP contribution < -0.4 is 5.32 Å². The lowest BCUT2D eigenvalue weighted by Crippen LogP contribution is -2.40. The Hall–Kier alpha value is -3.53. The Labute approximate surface area is 203 Å².